The molecule has 1 aromatic carbocycles. The number of benzene rings is 1. The molecule has 0 unspecified atom stereocenters. The largest absolute Gasteiger partial charge is 0.454 e. The van der Waals surface area contributed by atoms with Gasteiger partial charge in [0.2, 0.25) is 6.75 Å². The summed E-state index contributed by atoms with van der Waals surface area (Å²) >= 11 is 0. The lowest BCUT2D eigenvalue weighted by molar-refractivity contribution is 0.174. The lowest BCUT2D eigenvalue weighted by Crippen LogP contribution is -2.27. The number of rotatable bonds is 4. The third-order valence-electron chi connectivity index (χ3n) is 1.83. The van der Waals surface area contributed by atoms with Crippen LogP contribution in [0.2, 0.25) is 0 Å². The van der Waals surface area contributed by atoms with Gasteiger partial charge in [0.15, 0.2) is 11.5 Å². The monoisotopic (exact) mass is 217 g/mol. The van der Waals surface area contributed by atoms with Crippen molar-refractivity contribution < 1.29 is 23.2 Å². The second-order valence-corrected chi connectivity index (χ2v) is 2.95. The zero-order chi connectivity index (χ0) is 19.5. The van der Waals surface area contributed by atoms with Gasteiger partial charge in [-0.3, -0.25) is 0 Å². The minimum Gasteiger partial charge on any atom is -0.454 e. The Labute approximate surface area is 104 Å². The Bertz CT molecular complexity index is 670. The van der Waals surface area contributed by atoms with Crippen molar-refractivity contribution in [2.45, 2.75) is 26.2 Å². The second kappa shape index (κ2) is 4.53. The van der Waals surface area contributed by atoms with Gasteiger partial charge < -0.3 is 14.8 Å². The molecule has 1 atom stereocenters. The molecule has 0 bridgehead atoms. The highest BCUT2D eigenvalue weighted by Crippen LogP contribution is 2.32. The molecule has 0 aliphatic carbocycles. The van der Waals surface area contributed by atoms with Crippen molar-refractivity contribution in [2.24, 2.45) is 0 Å². The molecule has 0 spiro atoms. The third kappa shape index (κ3) is 2.42. The van der Waals surface area contributed by atoms with Crippen LogP contribution in [0, 0.1) is 0 Å². The van der Waals surface area contributed by atoms with Crippen LogP contribution in [0.3, 0.4) is 0 Å². The maximum absolute atomic E-state index is 8.19. The molecule has 15 heavy (non-hydrogen) atoms. The van der Waals surface area contributed by atoms with E-state index in [2.05, 4.69) is 0 Å². The lowest BCUT2D eigenvalue weighted by atomic mass is 10.1. The summed E-state index contributed by atoms with van der Waals surface area (Å²) in [4.78, 5) is 0. The second-order valence-electron chi connectivity index (χ2n) is 2.95. The summed E-state index contributed by atoms with van der Waals surface area (Å²) < 4.78 is 85.7. The van der Waals surface area contributed by atoms with E-state index < -0.39 is 32.5 Å². The molecule has 3 nitrogen and oxygen atoms in total. The minimum absolute atomic E-state index is 0.0574. The topological polar surface area (TPSA) is 30.5 Å². The van der Waals surface area contributed by atoms with E-state index in [0.717, 1.165) is 13.0 Å². The van der Waals surface area contributed by atoms with Gasteiger partial charge in [0, 0.05) is 17.0 Å². The molecule has 0 amide bonds. The normalized spacial score (nSPS) is 33.4. The zero-order valence-electron chi connectivity index (χ0n) is 18.0. The van der Waals surface area contributed by atoms with Crippen LogP contribution in [0.25, 0.3) is 0 Å². The van der Waals surface area contributed by atoms with Crippen LogP contribution in [0.15, 0.2) is 18.2 Å². The Hall–Kier alpha value is -1.22. The molecule has 0 radical (unpaired) electrons. The molecule has 82 valence electrons. The number of likely N-dealkylation sites (N-methyl/N-ethyl adjacent to an activating group) is 1. The van der Waals surface area contributed by atoms with Crippen molar-refractivity contribution in [3.8, 4) is 11.5 Å². The summed E-state index contributed by atoms with van der Waals surface area (Å²) in [6.07, 6.45) is -2.54. The average Bonchev–Trinajstić information content (AvgIpc) is 2.68. The standard InChI is InChI=1S/C12H17NO2/c1-3-13-9(2)6-10-4-5-11-12(7-10)15-8-14-11/h4-5,7,9,13H,3,6,8H2,1-2H3/t9-/m1/s1/i1D3,3D2,6D2,8D2,9D. The Balaban J connectivity index is 2.35. The summed E-state index contributed by atoms with van der Waals surface area (Å²) in [7, 11) is 0. The molecule has 0 aromatic heterocycles. The highest BCUT2D eigenvalue weighted by molar-refractivity contribution is 5.44. The molecule has 1 heterocycles. The van der Waals surface area contributed by atoms with Crippen LogP contribution in [0.5, 0.6) is 11.5 Å². The molecular weight excluding hydrogens is 190 g/mol. The Morgan fingerprint density at radius 2 is 2.53 bits per heavy atom. The number of hydrogen-bond donors (Lipinski definition) is 1. The first-order chi connectivity index (χ1) is 11.0. The smallest absolute Gasteiger partial charge is 0.231 e. The highest BCUT2D eigenvalue weighted by Gasteiger charge is 2.13. The van der Waals surface area contributed by atoms with Crippen LogP contribution >= 0.6 is 0 Å². The summed E-state index contributed by atoms with van der Waals surface area (Å²) in [5.74, 6) is -0.0111. The average molecular weight is 217 g/mol. The summed E-state index contributed by atoms with van der Waals surface area (Å²) in [6, 6.07) is 1.28. The first-order valence-corrected chi connectivity index (χ1v) is 4.30. The quantitative estimate of drug-likeness (QED) is 0.836. The summed E-state index contributed by atoms with van der Waals surface area (Å²) in [5, 5.41) is 1.91. The predicted octanol–water partition coefficient (Wildman–Crippen LogP) is 1.96. The van der Waals surface area contributed by atoms with Gasteiger partial charge in [0.05, 0.1) is 0 Å². The maximum atomic E-state index is 8.19. The molecule has 0 saturated carbocycles. The fourth-order valence-corrected chi connectivity index (χ4v) is 1.20. The number of fused-ring (bicyclic) bond motifs is 1. The van der Waals surface area contributed by atoms with Gasteiger partial charge in [0.1, 0.15) is 2.74 Å². The molecule has 0 saturated heterocycles. The van der Waals surface area contributed by atoms with Gasteiger partial charge in [-0.05, 0) is 37.5 Å². The van der Waals surface area contributed by atoms with E-state index in [1.807, 2.05) is 5.32 Å². The SMILES string of the molecule is [2H]C1([2H])Oc2ccc(C([2H])([2H])[C@@]([2H])(C)NC([2H])([2H])C([2H])([2H])[2H])cc2O1. The van der Waals surface area contributed by atoms with Gasteiger partial charge in [-0.2, -0.15) is 0 Å². The van der Waals surface area contributed by atoms with Crippen molar-refractivity contribution in [3.05, 3.63) is 23.8 Å². The van der Waals surface area contributed by atoms with Crippen LogP contribution in [0.1, 0.15) is 33.0 Å². The van der Waals surface area contributed by atoms with Crippen LogP contribution in [-0.4, -0.2) is 19.3 Å². The van der Waals surface area contributed by atoms with Gasteiger partial charge in [-0.15, -0.1) is 0 Å². The molecule has 1 aromatic rings. The molecular formula is C12H17NO2. The van der Waals surface area contributed by atoms with Crippen molar-refractivity contribution in [1.29, 1.82) is 0 Å². The van der Waals surface area contributed by atoms with Gasteiger partial charge in [0.25, 0.3) is 0 Å². The van der Waals surface area contributed by atoms with Crippen molar-refractivity contribution >= 4 is 0 Å². The molecule has 3 heteroatoms. The Morgan fingerprint density at radius 3 is 3.40 bits per heavy atom. The highest BCUT2D eigenvalue weighted by atomic mass is 16.7. The molecule has 2 rings (SSSR count). The predicted molar refractivity (Wildman–Crippen MR) is 59.4 cm³/mol. The van der Waals surface area contributed by atoms with Crippen LogP contribution < -0.4 is 14.8 Å². The fourth-order valence-electron chi connectivity index (χ4n) is 1.20. The van der Waals surface area contributed by atoms with E-state index in [1.165, 1.54) is 12.1 Å². The van der Waals surface area contributed by atoms with E-state index in [9.17, 15) is 0 Å². The molecule has 1 aliphatic heterocycles. The molecule has 0 fully saturated rings. The van der Waals surface area contributed by atoms with E-state index in [-0.39, 0.29) is 17.1 Å². The summed E-state index contributed by atoms with van der Waals surface area (Å²) in [6.45, 7) is -7.48. The number of nitrogens with one attached hydrogen (secondary N) is 1. The van der Waals surface area contributed by atoms with Crippen molar-refractivity contribution in [2.75, 3.05) is 13.2 Å². The van der Waals surface area contributed by atoms with E-state index in [0.29, 0.717) is 0 Å². The van der Waals surface area contributed by atoms with E-state index in [4.69, 9.17) is 23.2 Å². The summed E-state index contributed by atoms with van der Waals surface area (Å²) in [5.41, 5.74) is -0.126. The van der Waals surface area contributed by atoms with E-state index >= 15 is 0 Å². The number of ether oxygens (including phenoxy) is 2. The molecule has 1 N–H and O–H groups in total. The van der Waals surface area contributed by atoms with E-state index in [1.54, 1.807) is 0 Å². The number of hydrogen-bond acceptors (Lipinski definition) is 3. The first kappa shape index (κ1) is 3.67. The van der Waals surface area contributed by atoms with Crippen molar-refractivity contribution in [3.63, 3.8) is 0 Å². The van der Waals surface area contributed by atoms with Crippen molar-refractivity contribution in [1.82, 2.24) is 5.32 Å². The van der Waals surface area contributed by atoms with Crippen LogP contribution in [-0.2, 0) is 6.37 Å². The molecule has 1 aliphatic rings. The lowest BCUT2D eigenvalue weighted by Gasteiger charge is -2.12. The van der Waals surface area contributed by atoms with Gasteiger partial charge in [-0.1, -0.05) is 12.9 Å². The van der Waals surface area contributed by atoms with Gasteiger partial charge in [-0.25, -0.2) is 0 Å². The fraction of sp³-hybridized carbons (Fsp3) is 0.500. The van der Waals surface area contributed by atoms with Gasteiger partial charge >= 0.3 is 0 Å². The first-order valence-electron chi connectivity index (χ1n) is 9.30. The zero-order valence-corrected chi connectivity index (χ0v) is 8.05. The third-order valence-corrected chi connectivity index (χ3v) is 1.83. The van der Waals surface area contributed by atoms with Crippen LogP contribution in [0.4, 0.5) is 0 Å². The Morgan fingerprint density at radius 1 is 1.67 bits per heavy atom. The maximum Gasteiger partial charge on any atom is 0.231 e. The minimum atomic E-state index is -3.10. The Kier molecular flexibility index (Phi) is 1.11.